The summed E-state index contributed by atoms with van der Waals surface area (Å²) in [5.74, 6) is 3.01. The second-order valence-corrected chi connectivity index (χ2v) is 11.2. The van der Waals surface area contributed by atoms with E-state index < -0.39 is 0 Å². The van der Waals surface area contributed by atoms with Crippen molar-refractivity contribution < 1.29 is 0 Å². The minimum absolute atomic E-state index is 0.963. The molecule has 0 unspecified atom stereocenters. The van der Waals surface area contributed by atoms with Crippen molar-refractivity contribution in [3.63, 3.8) is 0 Å². The third kappa shape index (κ3) is 6.49. The first-order valence-corrected chi connectivity index (χ1v) is 15.6. The van der Waals surface area contributed by atoms with Gasteiger partial charge in [0.1, 0.15) is 0 Å². The van der Waals surface area contributed by atoms with E-state index in [0.717, 1.165) is 29.2 Å². The first-order valence-electron chi connectivity index (χ1n) is 15.6. The minimum Gasteiger partial charge on any atom is -0.309 e. The van der Waals surface area contributed by atoms with Crippen LogP contribution in [-0.4, -0.2) is 0 Å². The van der Waals surface area contributed by atoms with Crippen LogP contribution in [0.25, 0.3) is 21.5 Å². The van der Waals surface area contributed by atoms with Gasteiger partial charge in [-0.2, -0.15) is 0 Å². The van der Waals surface area contributed by atoms with E-state index in [1.165, 1.54) is 90.3 Å². The van der Waals surface area contributed by atoms with E-state index in [1.54, 1.807) is 0 Å². The summed E-state index contributed by atoms with van der Waals surface area (Å²) in [6.45, 7) is 4.54. The largest absolute Gasteiger partial charge is 0.309 e. The molecule has 0 amide bonds. The Morgan fingerprint density at radius 2 is 0.927 bits per heavy atom. The van der Waals surface area contributed by atoms with Gasteiger partial charge in [0.25, 0.3) is 0 Å². The number of benzene rings is 5. The van der Waals surface area contributed by atoms with Crippen LogP contribution in [0.4, 0.5) is 17.1 Å². The average molecular weight is 538 g/mol. The molecule has 0 bridgehead atoms. The monoisotopic (exact) mass is 537 g/mol. The molecule has 0 N–H and O–H groups in total. The van der Waals surface area contributed by atoms with Gasteiger partial charge in [0, 0.05) is 38.5 Å². The van der Waals surface area contributed by atoms with Crippen LogP contribution in [0.3, 0.4) is 0 Å². The molecule has 1 heteroatoms. The smallest absolute Gasteiger partial charge is 0.0619 e. The Labute approximate surface area is 247 Å². The zero-order valence-electron chi connectivity index (χ0n) is 24.8. The lowest BCUT2D eigenvalue weighted by Gasteiger charge is -2.29. The number of terminal acetylenes is 1. The molecule has 0 atom stereocenters. The summed E-state index contributed by atoms with van der Waals surface area (Å²) in [7, 11) is 0. The summed E-state index contributed by atoms with van der Waals surface area (Å²) in [6.07, 6.45) is 18.7. The highest BCUT2D eigenvalue weighted by Gasteiger charge is 2.21. The highest BCUT2D eigenvalue weighted by atomic mass is 15.1. The average Bonchev–Trinajstić information content (AvgIpc) is 3.02. The fourth-order valence-corrected chi connectivity index (χ4v) is 6.04. The molecule has 0 saturated heterocycles. The maximum absolute atomic E-state index is 6.12. The quantitative estimate of drug-likeness (QED) is 0.0820. The molecule has 5 aromatic carbocycles. The molecule has 1 nitrogen and oxygen atoms in total. The van der Waals surface area contributed by atoms with Gasteiger partial charge in [-0.3, -0.25) is 0 Å². The van der Waals surface area contributed by atoms with E-state index in [1.807, 2.05) is 0 Å². The van der Waals surface area contributed by atoms with Crippen molar-refractivity contribution in [1.82, 2.24) is 0 Å². The molecule has 0 saturated carbocycles. The summed E-state index contributed by atoms with van der Waals surface area (Å²) >= 11 is 0. The van der Waals surface area contributed by atoms with Crippen molar-refractivity contribution in [2.75, 3.05) is 4.90 Å². The number of fused-ring (bicyclic) bond motifs is 2. The van der Waals surface area contributed by atoms with Crippen molar-refractivity contribution in [2.24, 2.45) is 0 Å². The summed E-state index contributed by atoms with van der Waals surface area (Å²) < 4.78 is 0. The van der Waals surface area contributed by atoms with E-state index in [4.69, 9.17) is 6.42 Å². The molecule has 0 spiro atoms. The predicted molar refractivity (Wildman–Crippen MR) is 180 cm³/mol. The Morgan fingerprint density at radius 3 is 1.32 bits per heavy atom. The molecular formula is C40H43N. The second kappa shape index (κ2) is 14.0. The molecule has 0 fully saturated rings. The Balaban J connectivity index is 1.62. The van der Waals surface area contributed by atoms with Gasteiger partial charge >= 0.3 is 0 Å². The molecule has 0 heterocycles. The van der Waals surface area contributed by atoms with Crippen molar-refractivity contribution in [2.45, 2.75) is 78.1 Å². The van der Waals surface area contributed by atoms with Crippen LogP contribution in [0.15, 0.2) is 97.1 Å². The predicted octanol–water partition coefficient (Wildman–Crippen LogP) is 11.7. The Morgan fingerprint density at radius 1 is 0.512 bits per heavy atom. The molecule has 0 aliphatic carbocycles. The van der Waals surface area contributed by atoms with E-state index in [-0.39, 0.29) is 0 Å². The van der Waals surface area contributed by atoms with E-state index in [0.29, 0.717) is 0 Å². The minimum atomic E-state index is 0.963. The van der Waals surface area contributed by atoms with Crippen LogP contribution in [-0.2, 0) is 12.8 Å². The number of aryl methyl sites for hydroxylation is 2. The van der Waals surface area contributed by atoms with Crippen molar-refractivity contribution >= 4 is 38.6 Å². The van der Waals surface area contributed by atoms with Gasteiger partial charge in [-0.15, -0.1) is 6.42 Å². The standard InChI is InChI=1S/C40H43N/c1-4-7-9-11-17-31-23-27-33(28-24-31)41(34-29-25-32(26-30-34)18-12-10-8-5-2)40-38-21-15-13-19-36(38)35(6-3)37-20-14-16-22-39(37)40/h3,13-16,19-30H,4-5,7-12,17-18H2,1-2H3. The van der Waals surface area contributed by atoms with Gasteiger partial charge in [-0.1, -0.05) is 131 Å². The van der Waals surface area contributed by atoms with Gasteiger partial charge in [-0.05, 0) is 61.1 Å². The number of unbranched alkanes of at least 4 members (excludes halogenated alkanes) is 6. The van der Waals surface area contributed by atoms with Crippen LogP contribution in [0.5, 0.6) is 0 Å². The maximum Gasteiger partial charge on any atom is 0.0619 e. The van der Waals surface area contributed by atoms with Crippen LogP contribution in [0.2, 0.25) is 0 Å². The van der Waals surface area contributed by atoms with E-state index in [9.17, 15) is 0 Å². The highest BCUT2D eigenvalue weighted by molar-refractivity contribution is 6.17. The van der Waals surface area contributed by atoms with Crippen molar-refractivity contribution in [3.05, 3.63) is 114 Å². The lowest BCUT2D eigenvalue weighted by Crippen LogP contribution is -2.12. The first-order chi connectivity index (χ1) is 20.2. The molecule has 208 valence electrons. The summed E-state index contributed by atoms with van der Waals surface area (Å²) in [4.78, 5) is 2.44. The van der Waals surface area contributed by atoms with Crippen molar-refractivity contribution in [3.8, 4) is 12.3 Å². The third-order valence-electron chi connectivity index (χ3n) is 8.30. The molecule has 0 aromatic heterocycles. The number of hydrogen-bond acceptors (Lipinski definition) is 1. The fourth-order valence-electron chi connectivity index (χ4n) is 6.04. The van der Waals surface area contributed by atoms with E-state index in [2.05, 4.69) is 122 Å². The molecular weight excluding hydrogens is 494 g/mol. The number of nitrogens with zero attached hydrogens (tertiary/aromatic N) is 1. The number of hydrogen-bond donors (Lipinski definition) is 0. The lowest BCUT2D eigenvalue weighted by molar-refractivity contribution is 0.667. The molecule has 5 aromatic rings. The van der Waals surface area contributed by atoms with Crippen LogP contribution in [0.1, 0.15) is 81.9 Å². The molecule has 41 heavy (non-hydrogen) atoms. The highest BCUT2D eigenvalue weighted by Crippen LogP contribution is 2.45. The first kappa shape index (κ1) is 28.5. The summed E-state index contributed by atoms with van der Waals surface area (Å²) in [5.41, 5.74) is 7.30. The van der Waals surface area contributed by atoms with Crippen LogP contribution in [0, 0.1) is 12.3 Å². The Bertz CT molecular complexity index is 1490. The molecule has 0 aliphatic heterocycles. The number of anilines is 3. The number of rotatable bonds is 13. The zero-order chi connectivity index (χ0) is 28.4. The Kier molecular flexibility index (Phi) is 9.77. The van der Waals surface area contributed by atoms with Gasteiger partial charge in [0.05, 0.1) is 5.69 Å². The third-order valence-corrected chi connectivity index (χ3v) is 8.30. The summed E-state index contributed by atoms with van der Waals surface area (Å²) in [5, 5.41) is 4.58. The second-order valence-electron chi connectivity index (χ2n) is 11.2. The Hall–Kier alpha value is -4.02. The fraction of sp³-hybridized carbons (Fsp3) is 0.300. The van der Waals surface area contributed by atoms with Crippen molar-refractivity contribution in [1.29, 1.82) is 0 Å². The van der Waals surface area contributed by atoms with E-state index >= 15 is 0 Å². The SMILES string of the molecule is C#Cc1c2ccccc2c(N(c2ccc(CCCCCC)cc2)c2ccc(CCCCCC)cc2)c2ccccc12. The van der Waals surface area contributed by atoms with Crippen LogP contribution < -0.4 is 4.90 Å². The van der Waals surface area contributed by atoms with Gasteiger partial charge in [0.2, 0.25) is 0 Å². The normalized spacial score (nSPS) is 11.1. The lowest BCUT2D eigenvalue weighted by atomic mass is 9.93. The summed E-state index contributed by atoms with van der Waals surface area (Å²) in [6, 6.07) is 35.6. The van der Waals surface area contributed by atoms with Crippen LogP contribution >= 0.6 is 0 Å². The molecule has 5 rings (SSSR count). The molecule has 0 radical (unpaired) electrons. The van der Waals surface area contributed by atoms with Gasteiger partial charge < -0.3 is 4.90 Å². The van der Waals surface area contributed by atoms with Gasteiger partial charge in [-0.25, -0.2) is 0 Å². The topological polar surface area (TPSA) is 3.24 Å². The molecule has 0 aliphatic rings. The van der Waals surface area contributed by atoms with Gasteiger partial charge in [0.15, 0.2) is 0 Å². The zero-order valence-corrected chi connectivity index (χ0v) is 24.8. The maximum atomic E-state index is 6.12.